The molecule has 1 atom stereocenters. The molecule has 1 aromatic carbocycles. The molecular weight excluding hydrogens is 310 g/mol. The third kappa shape index (κ3) is 3.98. The maximum Gasteiger partial charge on any atom is 0.307 e. The van der Waals surface area contributed by atoms with Crippen molar-refractivity contribution in [2.24, 2.45) is 4.99 Å². The highest BCUT2D eigenvalue weighted by Crippen LogP contribution is 2.32. The smallest absolute Gasteiger partial charge is 0.307 e. The molecule has 1 N–H and O–H groups in total. The van der Waals surface area contributed by atoms with Gasteiger partial charge in [0.1, 0.15) is 0 Å². The zero-order valence-electron chi connectivity index (χ0n) is 15.1. The number of aliphatic carboxylic acids is 1. The van der Waals surface area contributed by atoms with Crippen molar-refractivity contribution < 1.29 is 9.90 Å². The second-order valence-corrected chi connectivity index (χ2v) is 7.75. The summed E-state index contributed by atoms with van der Waals surface area (Å²) in [5, 5.41) is 9.15. The summed E-state index contributed by atoms with van der Waals surface area (Å²) in [7, 11) is 0. The summed E-state index contributed by atoms with van der Waals surface area (Å²) in [5.74, 6) is -0.809. The van der Waals surface area contributed by atoms with Crippen molar-refractivity contribution in [3.8, 4) is 0 Å². The number of fused-ring (bicyclic) bond motifs is 1. The van der Waals surface area contributed by atoms with Gasteiger partial charge in [0.25, 0.3) is 0 Å². The van der Waals surface area contributed by atoms with Crippen LogP contribution >= 0.6 is 0 Å². The number of hydrogen-bond acceptors (Lipinski definition) is 2. The Morgan fingerprint density at radius 2 is 1.96 bits per heavy atom. The summed E-state index contributed by atoms with van der Waals surface area (Å²) in [4.78, 5) is 15.7. The average molecular weight is 335 g/mol. The van der Waals surface area contributed by atoms with Crippen LogP contribution < -0.4 is 0 Å². The fourth-order valence-electron chi connectivity index (χ4n) is 3.30. The molecule has 1 aliphatic heterocycles. The van der Waals surface area contributed by atoms with E-state index in [1.54, 1.807) is 6.21 Å². The Labute approximate surface area is 149 Å². The fraction of sp³-hybridized carbons (Fsp3) is 0.364. The summed E-state index contributed by atoms with van der Waals surface area (Å²) in [6.07, 6.45) is 10.1. The minimum atomic E-state index is -0.809. The molecule has 0 bridgehead atoms. The van der Waals surface area contributed by atoms with E-state index in [1.807, 2.05) is 0 Å². The number of aliphatic imine (C=N–C) groups is 1. The van der Waals surface area contributed by atoms with Gasteiger partial charge in [0.15, 0.2) is 0 Å². The van der Waals surface area contributed by atoms with E-state index in [0.29, 0.717) is 0 Å². The van der Waals surface area contributed by atoms with Gasteiger partial charge in [-0.3, -0.25) is 9.79 Å². The Kier molecular flexibility index (Phi) is 4.76. The maximum absolute atomic E-state index is 11.1. The topological polar surface area (TPSA) is 49.7 Å². The zero-order valence-corrected chi connectivity index (χ0v) is 15.1. The van der Waals surface area contributed by atoms with E-state index in [1.165, 1.54) is 5.56 Å². The first kappa shape index (κ1) is 17.4. The lowest BCUT2D eigenvalue weighted by Crippen LogP contribution is -2.10. The third-order valence-electron chi connectivity index (χ3n) is 4.78. The van der Waals surface area contributed by atoms with Crippen molar-refractivity contribution in [2.45, 2.75) is 51.5 Å². The Bertz CT molecular complexity index is 786. The van der Waals surface area contributed by atoms with Crippen LogP contribution in [-0.2, 0) is 10.2 Å². The molecule has 3 rings (SSSR count). The van der Waals surface area contributed by atoms with Crippen LogP contribution in [0.25, 0.3) is 5.57 Å². The molecule has 3 nitrogen and oxygen atoms in total. The minimum absolute atomic E-state index is 0.0335. The first-order valence-electron chi connectivity index (χ1n) is 8.82. The molecular formula is C22H25NO2. The predicted octanol–water partition coefficient (Wildman–Crippen LogP) is 4.94. The molecule has 0 spiro atoms. The Balaban J connectivity index is 1.99. The molecule has 1 aromatic rings. The molecule has 130 valence electrons. The summed E-state index contributed by atoms with van der Waals surface area (Å²) >= 11 is 0. The molecule has 0 amide bonds. The molecule has 0 radical (unpaired) electrons. The Morgan fingerprint density at radius 3 is 2.60 bits per heavy atom. The van der Waals surface area contributed by atoms with Crippen molar-refractivity contribution in [1.29, 1.82) is 0 Å². The molecule has 1 heterocycles. The first-order valence-corrected chi connectivity index (χ1v) is 8.82. The van der Waals surface area contributed by atoms with E-state index in [-0.39, 0.29) is 17.9 Å². The molecule has 0 fully saturated rings. The lowest BCUT2D eigenvalue weighted by atomic mass is 9.85. The molecule has 0 saturated carbocycles. The van der Waals surface area contributed by atoms with Gasteiger partial charge in [-0.05, 0) is 52.2 Å². The molecule has 1 unspecified atom stereocenters. The second-order valence-electron chi connectivity index (χ2n) is 7.75. The summed E-state index contributed by atoms with van der Waals surface area (Å²) < 4.78 is 0. The minimum Gasteiger partial charge on any atom is -0.481 e. The van der Waals surface area contributed by atoms with Crippen LogP contribution in [0.4, 0.5) is 0 Å². The summed E-state index contributed by atoms with van der Waals surface area (Å²) in [5.41, 5.74) is 5.59. The molecule has 0 aromatic heterocycles. The highest BCUT2D eigenvalue weighted by Gasteiger charge is 2.23. The first-order chi connectivity index (χ1) is 11.8. The predicted molar refractivity (Wildman–Crippen MR) is 103 cm³/mol. The van der Waals surface area contributed by atoms with Gasteiger partial charge >= 0.3 is 5.97 Å². The van der Waals surface area contributed by atoms with E-state index in [9.17, 15) is 4.79 Å². The van der Waals surface area contributed by atoms with Gasteiger partial charge in [-0.15, -0.1) is 0 Å². The number of benzene rings is 1. The largest absolute Gasteiger partial charge is 0.481 e. The van der Waals surface area contributed by atoms with Gasteiger partial charge in [0.05, 0.1) is 12.5 Å². The van der Waals surface area contributed by atoms with Crippen molar-refractivity contribution in [3.63, 3.8) is 0 Å². The van der Waals surface area contributed by atoms with Crippen molar-refractivity contribution in [2.75, 3.05) is 0 Å². The number of allylic oxidation sites excluding steroid dienone is 3. The molecule has 2 aliphatic rings. The van der Waals surface area contributed by atoms with E-state index >= 15 is 0 Å². The van der Waals surface area contributed by atoms with Crippen LogP contribution in [0.3, 0.4) is 0 Å². The molecule has 25 heavy (non-hydrogen) atoms. The van der Waals surface area contributed by atoms with Crippen LogP contribution in [0.5, 0.6) is 0 Å². The summed E-state index contributed by atoms with van der Waals surface area (Å²) in [6.45, 7) is 6.63. The van der Waals surface area contributed by atoms with Gasteiger partial charge in [-0.1, -0.05) is 57.2 Å². The van der Waals surface area contributed by atoms with Crippen LogP contribution in [0.1, 0.15) is 51.2 Å². The second kappa shape index (κ2) is 6.83. The standard InChI is InChI=1S/C22H25NO2/c1-22(2,3)18-10-8-15(9-11-18)16-6-4-5-7-20-19(12-16)17(14-23-20)13-21(24)25/h4,6,8-12,14,20H,5,7,13H2,1-3H3,(H,24,25)/b6-4-,16-12+. The van der Waals surface area contributed by atoms with E-state index in [4.69, 9.17) is 5.11 Å². The monoisotopic (exact) mass is 335 g/mol. The SMILES string of the molecule is CC(C)(C)c1ccc(C2=C/C3=C(CC(=O)O)C=NC3CC/C=C\2)cc1. The molecule has 1 aliphatic carbocycles. The molecule has 3 heteroatoms. The zero-order chi connectivity index (χ0) is 18.0. The van der Waals surface area contributed by atoms with Crippen LogP contribution in [0.2, 0.25) is 0 Å². The van der Waals surface area contributed by atoms with Crippen molar-refractivity contribution >= 4 is 17.8 Å². The Hall–Kier alpha value is -2.42. The number of carboxylic acid groups (broad SMARTS) is 1. The van der Waals surface area contributed by atoms with Crippen LogP contribution in [0, 0.1) is 0 Å². The fourth-order valence-corrected chi connectivity index (χ4v) is 3.30. The van der Waals surface area contributed by atoms with Crippen LogP contribution in [0.15, 0.2) is 58.6 Å². The highest BCUT2D eigenvalue weighted by atomic mass is 16.4. The quantitative estimate of drug-likeness (QED) is 0.850. The number of rotatable bonds is 3. The molecule has 0 saturated heterocycles. The normalized spacial score (nSPS) is 23.5. The van der Waals surface area contributed by atoms with Crippen molar-refractivity contribution in [1.82, 2.24) is 0 Å². The lowest BCUT2D eigenvalue weighted by Gasteiger charge is -2.20. The van der Waals surface area contributed by atoms with Gasteiger partial charge in [0.2, 0.25) is 0 Å². The Morgan fingerprint density at radius 1 is 1.24 bits per heavy atom. The number of carbonyl (C=O) groups is 1. The third-order valence-corrected chi connectivity index (χ3v) is 4.78. The average Bonchev–Trinajstić information content (AvgIpc) is 2.86. The van der Waals surface area contributed by atoms with Crippen molar-refractivity contribution in [3.05, 3.63) is 64.8 Å². The van der Waals surface area contributed by atoms with Gasteiger partial charge in [-0.25, -0.2) is 0 Å². The van der Waals surface area contributed by atoms with Gasteiger partial charge in [0, 0.05) is 6.21 Å². The van der Waals surface area contributed by atoms with E-state index in [2.05, 4.69) is 68.3 Å². The van der Waals surface area contributed by atoms with Crippen LogP contribution in [-0.4, -0.2) is 23.3 Å². The van der Waals surface area contributed by atoms with E-state index in [0.717, 1.165) is 35.1 Å². The number of hydrogen-bond donors (Lipinski definition) is 1. The van der Waals surface area contributed by atoms with E-state index < -0.39 is 5.97 Å². The van der Waals surface area contributed by atoms with Gasteiger partial charge in [-0.2, -0.15) is 0 Å². The number of nitrogens with zero attached hydrogens (tertiary/aromatic N) is 1. The number of carboxylic acids is 1. The summed E-state index contributed by atoms with van der Waals surface area (Å²) in [6, 6.07) is 8.75. The highest BCUT2D eigenvalue weighted by molar-refractivity contribution is 5.92. The lowest BCUT2D eigenvalue weighted by molar-refractivity contribution is -0.136. The van der Waals surface area contributed by atoms with Gasteiger partial charge < -0.3 is 5.11 Å². The maximum atomic E-state index is 11.1.